The fraction of sp³-hybridized carbons (Fsp3) is 0.300. The van der Waals surface area contributed by atoms with E-state index in [-0.39, 0.29) is 5.91 Å². The van der Waals surface area contributed by atoms with Gasteiger partial charge in [-0.25, -0.2) is 0 Å². The number of halogens is 1. The van der Waals surface area contributed by atoms with E-state index in [1.807, 2.05) is 6.07 Å². The van der Waals surface area contributed by atoms with Crippen LogP contribution in [0.25, 0.3) is 0 Å². The van der Waals surface area contributed by atoms with Crippen molar-refractivity contribution in [2.24, 2.45) is 5.73 Å². The van der Waals surface area contributed by atoms with Crippen LogP contribution in [0.2, 0.25) is 5.02 Å². The molecular weight excluding hydrogens is 200 g/mol. The smallest absolute Gasteiger partial charge is 0.243 e. The number of hydrogen-bond acceptors (Lipinski definition) is 2. The predicted molar refractivity (Wildman–Crippen MR) is 58.5 cm³/mol. The van der Waals surface area contributed by atoms with Crippen LogP contribution in [0.15, 0.2) is 24.3 Å². The Morgan fingerprint density at radius 3 is 2.71 bits per heavy atom. The summed E-state index contributed by atoms with van der Waals surface area (Å²) in [6.45, 7) is 1.66. The van der Waals surface area contributed by atoms with Crippen molar-refractivity contribution in [2.45, 2.75) is 13.0 Å². The minimum atomic E-state index is -0.501. The molecule has 76 valence electrons. The number of carbonyl (C=O) groups excluding carboxylic acids is 1. The molecule has 0 spiro atoms. The molecule has 1 atom stereocenters. The standard InChI is InChI=1S/C10H13ClN2O/c1-7(12)10(14)13(2)9-5-3-4-8(11)6-9/h3-7H,12H2,1-2H3. The third-order valence-corrected chi connectivity index (χ3v) is 2.15. The van der Waals surface area contributed by atoms with Gasteiger partial charge in [-0.3, -0.25) is 4.79 Å². The number of nitrogens with zero attached hydrogens (tertiary/aromatic N) is 1. The summed E-state index contributed by atoms with van der Waals surface area (Å²) in [5.74, 6) is -0.132. The van der Waals surface area contributed by atoms with Gasteiger partial charge in [0.25, 0.3) is 0 Å². The maximum absolute atomic E-state index is 11.5. The lowest BCUT2D eigenvalue weighted by Gasteiger charge is -2.19. The summed E-state index contributed by atoms with van der Waals surface area (Å²) < 4.78 is 0. The van der Waals surface area contributed by atoms with E-state index in [0.29, 0.717) is 5.02 Å². The molecule has 2 N–H and O–H groups in total. The maximum Gasteiger partial charge on any atom is 0.243 e. The molecule has 0 saturated carbocycles. The van der Waals surface area contributed by atoms with Crippen LogP contribution in [0.5, 0.6) is 0 Å². The van der Waals surface area contributed by atoms with Crippen LogP contribution in [0.3, 0.4) is 0 Å². The Labute approximate surface area is 88.5 Å². The summed E-state index contributed by atoms with van der Waals surface area (Å²) in [6.07, 6.45) is 0. The molecule has 1 rings (SSSR count). The molecule has 1 amide bonds. The summed E-state index contributed by atoms with van der Waals surface area (Å²) >= 11 is 5.80. The molecule has 0 saturated heterocycles. The molecule has 0 radical (unpaired) electrons. The van der Waals surface area contributed by atoms with Crippen LogP contribution in [-0.2, 0) is 4.79 Å². The Morgan fingerprint density at radius 2 is 2.21 bits per heavy atom. The average Bonchev–Trinajstić information content (AvgIpc) is 2.15. The van der Waals surface area contributed by atoms with E-state index in [0.717, 1.165) is 5.69 Å². The highest BCUT2D eigenvalue weighted by molar-refractivity contribution is 6.30. The first-order valence-corrected chi connectivity index (χ1v) is 4.69. The van der Waals surface area contributed by atoms with Crippen LogP contribution in [-0.4, -0.2) is 19.0 Å². The first-order valence-electron chi connectivity index (χ1n) is 4.31. The van der Waals surface area contributed by atoms with Gasteiger partial charge in [-0.2, -0.15) is 0 Å². The van der Waals surface area contributed by atoms with Gasteiger partial charge in [-0.1, -0.05) is 17.7 Å². The highest BCUT2D eigenvalue weighted by Crippen LogP contribution is 2.18. The van der Waals surface area contributed by atoms with Crippen molar-refractivity contribution in [2.75, 3.05) is 11.9 Å². The fourth-order valence-electron chi connectivity index (χ4n) is 1.12. The predicted octanol–water partition coefficient (Wildman–Crippen LogP) is 1.65. The monoisotopic (exact) mass is 212 g/mol. The van der Waals surface area contributed by atoms with Crippen molar-refractivity contribution in [1.29, 1.82) is 0 Å². The summed E-state index contributed by atoms with van der Waals surface area (Å²) in [4.78, 5) is 13.0. The second-order valence-electron chi connectivity index (χ2n) is 3.17. The van der Waals surface area contributed by atoms with E-state index < -0.39 is 6.04 Å². The van der Waals surface area contributed by atoms with Crippen LogP contribution >= 0.6 is 11.6 Å². The Morgan fingerprint density at radius 1 is 1.57 bits per heavy atom. The average molecular weight is 213 g/mol. The molecule has 1 aromatic carbocycles. The number of carbonyl (C=O) groups is 1. The van der Waals surface area contributed by atoms with Crippen LogP contribution < -0.4 is 10.6 Å². The zero-order valence-corrected chi connectivity index (χ0v) is 8.95. The summed E-state index contributed by atoms with van der Waals surface area (Å²) in [5, 5.41) is 0.604. The third kappa shape index (κ3) is 2.47. The first-order chi connectivity index (χ1) is 6.52. The van der Waals surface area contributed by atoms with Gasteiger partial charge in [0.05, 0.1) is 6.04 Å². The number of benzene rings is 1. The van der Waals surface area contributed by atoms with Crippen LogP contribution in [0.1, 0.15) is 6.92 Å². The van der Waals surface area contributed by atoms with Crippen LogP contribution in [0.4, 0.5) is 5.69 Å². The molecule has 0 aromatic heterocycles. The molecule has 1 unspecified atom stereocenters. The minimum absolute atomic E-state index is 0.132. The number of rotatable bonds is 2. The second-order valence-corrected chi connectivity index (χ2v) is 3.60. The molecule has 0 bridgehead atoms. The van der Waals surface area contributed by atoms with E-state index in [1.165, 1.54) is 4.90 Å². The zero-order valence-electron chi connectivity index (χ0n) is 8.20. The second kappa shape index (κ2) is 4.44. The van der Waals surface area contributed by atoms with Gasteiger partial charge >= 0.3 is 0 Å². The Kier molecular flexibility index (Phi) is 3.49. The van der Waals surface area contributed by atoms with Gasteiger partial charge in [-0.15, -0.1) is 0 Å². The van der Waals surface area contributed by atoms with Crippen molar-refractivity contribution in [3.8, 4) is 0 Å². The Balaban J connectivity index is 2.89. The van der Waals surface area contributed by atoms with Gasteiger partial charge in [0.15, 0.2) is 0 Å². The topological polar surface area (TPSA) is 46.3 Å². The van der Waals surface area contributed by atoms with Gasteiger partial charge in [0.1, 0.15) is 0 Å². The molecule has 0 aliphatic carbocycles. The van der Waals surface area contributed by atoms with Gasteiger partial charge in [0.2, 0.25) is 5.91 Å². The van der Waals surface area contributed by atoms with Gasteiger partial charge < -0.3 is 10.6 Å². The Hall–Kier alpha value is -1.06. The summed E-state index contributed by atoms with van der Waals surface area (Å²) in [6, 6.07) is 6.59. The largest absolute Gasteiger partial charge is 0.320 e. The van der Waals surface area contributed by atoms with Crippen molar-refractivity contribution in [3.63, 3.8) is 0 Å². The summed E-state index contributed by atoms with van der Waals surface area (Å²) in [5.41, 5.74) is 6.24. The number of amides is 1. The van der Waals surface area contributed by atoms with Crippen molar-refractivity contribution in [3.05, 3.63) is 29.3 Å². The third-order valence-electron chi connectivity index (χ3n) is 1.92. The number of likely N-dealkylation sites (N-methyl/N-ethyl adjacent to an activating group) is 1. The lowest BCUT2D eigenvalue weighted by molar-refractivity contribution is -0.119. The SMILES string of the molecule is CC(N)C(=O)N(C)c1cccc(Cl)c1. The van der Waals surface area contributed by atoms with Crippen molar-refractivity contribution >= 4 is 23.2 Å². The van der Waals surface area contributed by atoms with E-state index >= 15 is 0 Å². The van der Waals surface area contributed by atoms with Crippen molar-refractivity contribution < 1.29 is 4.79 Å². The van der Waals surface area contributed by atoms with E-state index in [4.69, 9.17) is 17.3 Å². The highest BCUT2D eigenvalue weighted by atomic mass is 35.5. The lowest BCUT2D eigenvalue weighted by Crippen LogP contribution is -2.39. The Bertz CT molecular complexity index is 339. The normalized spacial score (nSPS) is 12.3. The van der Waals surface area contributed by atoms with Crippen molar-refractivity contribution in [1.82, 2.24) is 0 Å². The molecule has 0 aliphatic rings. The molecule has 3 nitrogen and oxygen atoms in total. The van der Waals surface area contributed by atoms with E-state index in [2.05, 4.69) is 0 Å². The fourth-order valence-corrected chi connectivity index (χ4v) is 1.30. The molecule has 0 heterocycles. The molecule has 0 aliphatic heterocycles. The molecular formula is C10H13ClN2O. The molecule has 1 aromatic rings. The maximum atomic E-state index is 11.5. The minimum Gasteiger partial charge on any atom is -0.320 e. The molecule has 0 fully saturated rings. The zero-order chi connectivity index (χ0) is 10.7. The van der Waals surface area contributed by atoms with E-state index in [9.17, 15) is 4.79 Å². The number of anilines is 1. The highest BCUT2D eigenvalue weighted by Gasteiger charge is 2.14. The lowest BCUT2D eigenvalue weighted by atomic mass is 10.2. The van der Waals surface area contributed by atoms with E-state index in [1.54, 1.807) is 32.2 Å². The van der Waals surface area contributed by atoms with Crippen LogP contribution in [0, 0.1) is 0 Å². The van der Waals surface area contributed by atoms with Gasteiger partial charge in [-0.05, 0) is 25.1 Å². The quantitative estimate of drug-likeness (QED) is 0.811. The molecule has 14 heavy (non-hydrogen) atoms. The number of hydrogen-bond donors (Lipinski definition) is 1. The summed E-state index contributed by atoms with van der Waals surface area (Å²) in [7, 11) is 1.68. The first kappa shape index (κ1) is 11.0. The number of nitrogens with two attached hydrogens (primary N) is 1. The van der Waals surface area contributed by atoms with Gasteiger partial charge in [0, 0.05) is 17.8 Å². The molecule has 4 heteroatoms.